The molecule has 4 rings (SSSR count). The molecule has 0 saturated heterocycles. The highest BCUT2D eigenvalue weighted by Crippen LogP contribution is 2.31. The summed E-state index contributed by atoms with van der Waals surface area (Å²) in [7, 11) is 0. The quantitative estimate of drug-likeness (QED) is 0.201. The number of benzene rings is 2. The van der Waals surface area contributed by atoms with Gasteiger partial charge in [0.2, 0.25) is 5.91 Å². The lowest BCUT2D eigenvalue weighted by molar-refractivity contribution is -0.121. The second-order valence-electron chi connectivity index (χ2n) is 6.03. The summed E-state index contributed by atoms with van der Waals surface area (Å²) in [4.78, 5) is 12.2. The second-order valence-corrected chi connectivity index (χ2v) is 8.52. The van der Waals surface area contributed by atoms with E-state index in [2.05, 4.69) is 96.7 Å². The third kappa shape index (κ3) is 4.03. The Hall–Kier alpha value is -1.88. The maximum atomic E-state index is 12.2. The highest BCUT2D eigenvalue weighted by Gasteiger charge is 2.12. The van der Waals surface area contributed by atoms with E-state index >= 15 is 0 Å². The smallest absolute Gasteiger partial charge is 0.241 e. The Bertz CT molecular complexity index is 1090. The average Bonchev–Trinajstić information content (AvgIpc) is 3.26. The van der Waals surface area contributed by atoms with Gasteiger partial charge in [-0.3, -0.25) is 4.79 Å². The molecule has 0 bridgehead atoms. The molecule has 2 heterocycles. The molecule has 0 atom stereocenters. The highest BCUT2D eigenvalue weighted by molar-refractivity contribution is 14.1. The van der Waals surface area contributed by atoms with Gasteiger partial charge >= 0.3 is 0 Å². The summed E-state index contributed by atoms with van der Waals surface area (Å²) in [5.74, 6) is 0.464. The van der Waals surface area contributed by atoms with E-state index in [-0.39, 0.29) is 5.91 Å². The summed E-state index contributed by atoms with van der Waals surface area (Å²) < 4.78 is 9.74. The van der Waals surface area contributed by atoms with Crippen LogP contribution in [0.15, 0.2) is 64.3 Å². The van der Waals surface area contributed by atoms with E-state index in [0.717, 1.165) is 11.0 Å². The van der Waals surface area contributed by atoms with E-state index < -0.39 is 0 Å². The fraction of sp³-hybridized carbons (Fsp3) is 0.100. The van der Waals surface area contributed by atoms with E-state index in [0.29, 0.717) is 18.7 Å². The van der Waals surface area contributed by atoms with E-state index in [1.54, 1.807) is 18.4 Å². The number of hydrogen-bond donors (Lipinski definition) is 1. The molecule has 0 aliphatic rings. The molecule has 2 aromatic carbocycles. The van der Waals surface area contributed by atoms with Crippen LogP contribution in [0.2, 0.25) is 0 Å². The van der Waals surface area contributed by atoms with Crippen molar-refractivity contribution in [1.29, 1.82) is 0 Å². The number of aromatic nitrogens is 1. The van der Waals surface area contributed by atoms with Gasteiger partial charge in [-0.1, -0.05) is 0 Å². The predicted octanol–water partition coefficient (Wildman–Crippen LogP) is 5.14. The fourth-order valence-corrected chi connectivity index (χ4v) is 4.07. The molecule has 4 aromatic rings. The minimum atomic E-state index is -0.135. The van der Waals surface area contributed by atoms with Gasteiger partial charge in [0.15, 0.2) is 0 Å². The first kappa shape index (κ1) is 18.5. The van der Waals surface area contributed by atoms with Crippen LogP contribution in [-0.4, -0.2) is 16.7 Å². The van der Waals surface area contributed by atoms with Crippen LogP contribution in [0.5, 0.6) is 0 Å². The zero-order valence-electron chi connectivity index (χ0n) is 14.2. The molecule has 0 unspecified atom stereocenters. The van der Waals surface area contributed by atoms with Crippen LogP contribution in [0.1, 0.15) is 12.2 Å². The van der Waals surface area contributed by atoms with Gasteiger partial charge in [0.1, 0.15) is 5.76 Å². The lowest BCUT2D eigenvalue weighted by atomic mass is 10.2. The Labute approximate surface area is 183 Å². The first-order chi connectivity index (χ1) is 13.1. The number of carbonyl (C=O) groups is 1. The number of halogens is 2. The monoisotopic (exact) mass is 583 g/mol. The maximum Gasteiger partial charge on any atom is 0.241 e. The van der Waals surface area contributed by atoms with Crippen molar-refractivity contribution in [2.45, 2.75) is 13.0 Å². The summed E-state index contributed by atoms with van der Waals surface area (Å²) in [5, 5.41) is 6.36. The molecule has 0 aliphatic heterocycles. The van der Waals surface area contributed by atoms with Crippen LogP contribution in [0.4, 0.5) is 0 Å². The van der Waals surface area contributed by atoms with E-state index in [1.807, 2.05) is 0 Å². The van der Waals surface area contributed by atoms with Crippen molar-refractivity contribution in [2.24, 2.45) is 5.10 Å². The fourth-order valence-electron chi connectivity index (χ4n) is 3.09. The van der Waals surface area contributed by atoms with Gasteiger partial charge in [0.25, 0.3) is 0 Å². The van der Waals surface area contributed by atoms with Gasteiger partial charge in [-0.2, -0.15) is 5.10 Å². The van der Waals surface area contributed by atoms with Crippen LogP contribution in [0, 0.1) is 7.14 Å². The third-order valence-corrected chi connectivity index (χ3v) is 5.62. The number of furan rings is 1. The number of amides is 1. The number of nitrogens with one attached hydrogen (secondary N) is 1. The summed E-state index contributed by atoms with van der Waals surface area (Å²) in [6.45, 7) is 0.587. The zero-order valence-corrected chi connectivity index (χ0v) is 18.5. The van der Waals surface area contributed by atoms with Crippen molar-refractivity contribution < 1.29 is 9.21 Å². The molecule has 5 nitrogen and oxygen atoms in total. The minimum Gasteiger partial charge on any atom is -0.463 e. The lowest BCUT2D eigenvalue weighted by Gasteiger charge is -2.07. The van der Waals surface area contributed by atoms with Crippen LogP contribution in [-0.2, 0) is 11.3 Å². The van der Waals surface area contributed by atoms with Crippen LogP contribution in [0.3, 0.4) is 0 Å². The first-order valence-electron chi connectivity index (χ1n) is 8.34. The van der Waals surface area contributed by atoms with Crippen molar-refractivity contribution in [1.82, 2.24) is 9.99 Å². The number of rotatable bonds is 5. The molecular weight excluding hydrogens is 568 g/mol. The highest BCUT2D eigenvalue weighted by atomic mass is 127. The molecule has 0 saturated carbocycles. The van der Waals surface area contributed by atoms with Gasteiger partial charge in [-0.05, 0) is 93.7 Å². The van der Waals surface area contributed by atoms with Crippen molar-refractivity contribution in [3.63, 3.8) is 0 Å². The Morgan fingerprint density at radius 2 is 1.74 bits per heavy atom. The summed E-state index contributed by atoms with van der Waals surface area (Å²) in [5.41, 5.74) is 4.83. The SMILES string of the molecule is O=C(CCn1c2ccc(I)cc2c2cc(I)ccc21)N/N=C/c1ccco1. The Kier molecular flexibility index (Phi) is 5.48. The molecule has 7 heteroatoms. The van der Waals surface area contributed by atoms with Gasteiger partial charge in [-0.15, -0.1) is 0 Å². The molecule has 1 N–H and O–H groups in total. The molecule has 0 aliphatic carbocycles. The minimum absolute atomic E-state index is 0.135. The predicted molar refractivity (Wildman–Crippen MR) is 124 cm³/mol. The number of fused-ring (bicyclic) bond motifs is 3. The number of carbonyl (C=O) groups excluding carboxylic acids is 1. The van der Waals surface area contributed by atoms with E-state index in [9.17, 15) is 4.79 Å². The van der Waals surface area contributed by atoms with Crippen LogP contribution in [0.25, 0.3) is 21.8 Å². The number of hydrazone groups is 1. The van der Waals surface area contributed by atoms with Crippen molar-refractivity contribution in [3.05, 3.63) is 67.7 Å². The Morgan fingerprint density at radius 3 is 2.33 bits per heavy atom. The largest absolute Gasteiger partial charge is 0.463 e. The van der Waals surface area contributed by atoms with Gasteiger partial charge in [0, 0.05) is 41.9 Å². The van der Waals surface area contributed by atoms with Gasteiger partial charge < -0.3 is 8.98 Å². The molecular formula is C20H15I2N3O2. The summed E-state index contributed by atoms with van der Waals surface area (Å²) >= 11 is 4.66. The third-order valence-electron chi connectivity index (χ3n) is 4.28. The van der Waals surface area contributed by atoms with Crippen molar-refractivity contribution >= 4 is 79.1 Å². The normalized spacial score (nSPS) is 11.6. The first-order valence-corrected chi connectivity index (χ1v) is 10.5. The Morgan fingerprint density at radius 1 is 1.07 bits per heavy atom. The lowest BCUT2D eigenvalue weighted by Crippen LogP contribution is -2.19. The van der Waals surface area contributed by atoms with E-state index in [1.165, 1.54) is 24.1 Å². The molecule has 1 amide bonds. The molecule has 0 radical (unpaired) electrons. The van der Waals surface area contributed by atoms with Crippen LogP contribution >= 0.6 is 45.2 Å². The second kappa shape index (κ2) is 8.01. The van der Waals surface area contributed by atoms with Crippen LogP contribution < -0.4 is 5.43 Å². The maximum absolute atomic E-state index is 12.2. The molecule has 0 spiro atoms. The summed E-state index contributed by atoms with van der Waals surface area (Å²) in [6.07, 6.45) is 3.39. The van der Waals surface area contributed by atoms with E-state index in [4.69, 9.17) is 4.42 Å². The van der Waals surface area contributed by atoms with Crippen molar-refractivity contribution in [2.75, 3.05) is 0 Å². The average molecular weight is 583 g/mol. The summed E-state index contributed by atoms with van der Waals surface area (Å²) in [6, 6.07) is 16.4. The topological polar surface area (TPSA) is 59.5 Å². The number of aryl methyl sites for hydroxylation is 1. The molecule has 27 heavy (non-hydrogen) atoms. The molecule has 0 fully saturated rings. The zero-order chi connectivity index (χ0) is 18.8. The molecule has 136 valence electrons. The van der Waals surface area contributed by atoms with Gasteiger partial charge in [0.05, 0.1) is 12.5 Å². The van der Waals surface area contributed by atoms with Gasteiger partial charge in [-0.25, -0.2) is 5.43 Å². The number of nitrogens with zero attached hydrogens (tertiary/aromatic N) is 2. The standard InChI is InChI=1S/C20H15I2N3O2/c21-13-3-5-18-16(10-13)17-11-14(22)4-6-19(17)25(18)8-7-20(26)24-23-12-15-2-1-9-27-15/h1-6,9-12H,7-8H2,(H,24,26)/b23-12+. The molecule has 2 aromatic heterocycles. The van der Waals surface area contributed by atoms with Crippen molar-refractivity contribution in [3.8, 4) is 0 Å². The Balaban J connectivity index is 1.56. The number of hydrogen-bond acceptors (Lipinski definition) is 3.